The first-order valence-electron chi connectivity index (χ1n) is 4.29. The standard InChI is InChI=1S/C8H13NO5/c1-13-7(10)2-3-14-6-4-9(5-6)8(11)12/h6H,2-5H2,1H3,(H,11,12). The normalized spacial score (nSPS) is 16.2. The summed E-state index contributed by atoms with van der Waals surface area (Å²) in [5.41, 5.74) is 0. The Hall–Kier alpha value is -1.30. The van der Waals surface area contributed by atoms with E-state index < -0.39 is 6.09 Å². The molecule has 0 radical (unpaired) electrons. The number of ether oxygens (including phenoxy) is 2. The second kappa shape index (κ2) is 4.80. The lowest BCUT2D eigenvalue weighted by Crippen LogP contribution is -2.54. The van der Waals surface area contributed by atoms with E-state index in [0.29, 0.717) is 13.1 Å². The zero-order valence-electron chi connectivity index (χ0n) is 7.93. The van der Waals surface area contributed by atoms with Gasteiger partial charge >= 0.3 is 12.1 Å². The molecular weight excluding hydrogens is 190 g/mol. The average Bonchev–Trinajstić information content (AvgIpc) is 2.07. The summed E-state index contributed by atoms with van der Waals surface area (Å²) in [6.07, 6.45) is -0.798. The Morgan fingerprint density at radius 2 is 2.14 bits per heavy atom. The molecule has 0 aliphatic carbocycles. The molecule has 0 atom stereocenters. The van der Waals surface area contributed by atoms with Gasteiger partial charge in [-0.1, -0.05) is 0 Å². The molecule has 1 aliphatic rings. The number of hydrogen-bond acceptors (Lipinski definition) is 4. The predicted molar refractivity (Wildman–Crippen MR) is 46.0 cm³/mol. The molecule has 6 nitrogen and oxygen atoms in total. The number of carbonyl (C=O) groups excluding carboxylic acids is 1. The highest BCUT2D eigenvalue weighted by atomic mass is 16.5. The van der Waals surface area contributed by atoms with Crippen molar-refractivity contribution in [3.63, 3.8) is 0 Å². The second-order valence-corrected chi connectivity index (χ2v) is 3.01. The van der Waals surface area contributed by atoms with Crippen molar-refractivity contribution in [3.05, 3.63) is 0 Å². The molecule has 0 aromatic carbocycles. The third-order valence-corrected chi connectivity index (χ3v) is 2.01. The van der Waals surface area contributed by atoms with Crippen molar-refractivity contribution in [2.75, 3.05) is 26.8 Å². The molecule has 0 saturated carbocycles. The molecule has 80 valence electrons. The highest BCUT2D eigenvalue weighted by Crippen LogP contribution is 2.11. The van der Waals surface area contributed by atoms with Crippen molar-refractivity contribution in [2.45, 2.75) is 12.5 Å². The van der Waals surface area contributed by atoms with Crippen molar-refractivity contribution in [1.29, 1.82) is 0 Å². The van der Waals surface area contributed by atoms with Crippen molar-refractivity contribution in [1.82, 2.24) is 4.90 Å². The lowest BCUT2D eigenvalue weighted by Gasteiger charge is -2.36. The van der Waals surface area contributed by atoms with Gasteiger partial charge in [0.2, 0.25) is 0 Å². The number of rotatable bonds is 4. The minimum atomic E-state index is -0.933. The molecule has 14 heavy (non-hydrogen) atoms. The zero-order chi connectivity index (χ0) is 10.6. The molecule has 1 aliphatic heterocycles. The summed E-state index contributed by atoms with van der Waals surface area (Å²) in [5, 5.41) is 8.50. The first kappa shape index (κ1) is 10.8. The summed E-state index contributed by atoms with van der Waals surface area (Å²) in [5.74, 6) is -0.320. The molecule has 1 amide bonds. The fraction of sp³-hybridized carbons (Fsp3) is 0.750. The van der Waals surface area contributed by atoms with Crippen LogP contribution in [0.3, 0.4) is 0 Å². The average molecular weight is 203 g/mol. The number of methoxy groups -OCH3 is 1. The molecule has 0 spiro atoms. The Balaban J connectivity index is 2.01. The number of hydrogen-bond donors (Lipinski definition) is 1. The Bertz CT molecular complexity index is 224. The van der Waals surface area contributed by atoms with Gasteiger partial charge in [0.25, 0.3) is 0 Å². The Morgan fingerprint density at radius 3 is 2.64 bits per heavy atom. The number of esters is 1. The van der Waals surface area contributed by atoms with Gasteiger partial charge in [0.15, 0.2) is 0 Å². The Labute approximate surface area is 81.4 Å². The zero-order valence-corrected chi connectivity index (χ0v) is 7.93. The van der Waals surface area contributed by atoms with Gasteiger partial charge in [-0.25, -0.2) is 4.79 Å². The molecule has 0 aromatic heterocycles. The number of carbonyl (C=O) groups is 2. The van der Waals surface area contributed by atoms with Crippen LogP contribution < -0.4 is 0 Å². The van der Waals surface area contributed by atoms with Crippen molar-refractivity contribution < 1.29 is 24.2 Å². The van der Waals surface area contributed by atoms with Gasteiger partial charge in [-0.3, -0.25) is 4.79 Å². The van der Waals surface area contributed by atoms with Crippen LogP contribution in [0.25, 0.3) is 0 Å². The Morgan fingerprint density at radius 1 is 1.50 bits per heavy atom. The summed E-state index contributed by atoms with van der Waals surface area (Å²) in [7, 11) is 1.32. The van der Waals surface area contributed by atoms with E-state index in [9.17, 15) is 9.59 Å². The van der Waals surface area contributed by atoms with E-state index in [1.54, 1.807) is 0 Å². The van der Waals surface area contributed by atoms with Gasteiger partial charge in [-0.05, 0) is 0 Å². The molecule has 6 heteroatoms. The van der Waals surface area contributed by atoms with Crippen LogP contribution in [0.15, 0.2) is 0 Å². The minimum Gasteiger partial charge on any atom is -0.469 e. The summed E-state index contributed by atoms with van der Waals surface area (Å²) in [6, 6.07) is 0. The van der Waals surface area contributed by atoms with Gasteiger partial charge in [-0.2, -0.15) is 0 Å². The smallest absolute Gasteiger partial charge is 0.407 e. The lowest BCUT2D eigenvalue weighted by atomic mass is 10.2. The molecule has 0 bridgehead atoms. The van der Waals surface area contributed by atoms with E-state index >= 15 is 0 Å². The summed E-state index contributed by atoms with van der Waals surface area (Å²) in [4.78, 5) is 22.3. The summed E-state index contributed by atoms with van der Waals surface area (Å²) >= 11 is 0. The SMILES string of the molecule is COC(=O)CCOC1CN(C(=O)O)C1. The molecule has 0 aromatic rings. The maximum Gasteiger partial charge on any atom is 0.407 e. The topological polar surface area (TPSA) is 76.1 Å². The highest BCUT2D eigenvalue weighted by molar-refractivity contribution is 5.69. The van der Waals surface area contributed by atoms with Crippen LogP contribution in [0.4, 0.5) is 4.79 Å². The lowest BCUT2D eigenvalue weighted by molar-refractivity contribution is -0.143. The molecule has 1 N–H and O–H groups in total. The fourth-order valence-corrected chi connectivity index (χ4v) is 1.11. The van der Waals surface area contributed by atoms with Crippen LogP contribution in [0, 0.1) is 0 Å². The summed E-state index contributed by atoms with van der Waals surface area (Å²) in [6.45, 7) is 1.05. The van der Waals surface area contributed by atoms with E-state index in [-0.39, 0.29) is 25.1 Å². The second-order valence-electron chi connectivity index (χ2n) is 3.01. The van der Waals surface area contributed by atoms with Crippen LogP contribution in [-0.2, 0) is 14.3 Å². The number of amides is 1. The van der Waals surface area contributed by atoms with Gasteiger partial charge in [-0.15, -0.1) is 0 Å². The predicted octanol–water partition coefficient (Wildman–Crippen LogP) is -0.0717. The van der Waals surface area contributed by atoms with Crippen LogP contribution in [0.2, 0.25) is 0 Å². The molecule has 0 unspecified atom stereocenters. The fourth-order valence-electron chi connectivity index (χ4n) is 1.11. The molecule has 1 saturated heterocycles. The third kappa shape index (κ3) is 2.88. The first-order valence-corrected chi connectivity index (χ1v) is 4.29. The molecule has 1 rings (SSSR count). The van der Waals surface area contributed by atoms with Gasteiger partial charge < -0.3 is 19.5 Å². The minimum absolute atomic E-state index is 0.0734. The maximum absolute atomic E-state index is 10.7. The van der Waals surface area contributed by atoms with Crippen molar-refractivity contribution >= 4 is 12.1 Å². The van der Waals surface area contributed by atoms with Crippen LogP contribution in [0.1, 0.15) is 6.42 Å². The Kier molecular flexibility index (Phi) is 3.70. The van der Waals surface area contributed by atoms with E-state index in [0.717, 1.165) is 0 Å². The van der Waals surface area contributed by atoms with E-state index in [2.05, 4.69) is 4.74 Å². The highest BCUT2D eigenvalue weighted by Gasteiger charge is 2.30. The van der Waals surface area contributed by atoms with Crippen molar-refractivity contribution in [2.24, 2.45) is 0 Å². The number of carboxylic acid groups (broad SMARTS) is 1. The van der Waals surface area contributed by atoms with Crippen molar-refractivity contribution in [3.8, 4) is 0 Å². The first-order chi connectivity index (χ1) is 6.63. The van der Waals surface area contributed by atoms with Crippen LogP contribution in [-0.4, -0.2) is 55.0 Å². The van der Waals surface area contributed by atoms with Crippen LogP contribution in [0.5, 0.6) is 0 Å². The van der Waals surface area contributed by atoms with E-state index in [4.69, 9.17) is 9.84 Å². The van der Waals surface area contributed by atoms with Crippen LogP contribution >= 0.6 is 0 Å². The maximum atomic E-state index is 10.7. The quantitative estimate of drug-likeness (QED) is 0.647. The summed E-state index contributed by atoms with van der Waals surface area (Å²) < 4.78 is 9.64. The molecular formula is C8H13NO5. The number of likely N-dealkylation sites (tertiary alicyclic amines) is 1. The van der Waals surface area contributed by atoms with Gasteiger partial charge in [0.05, 0.1) is 39.3 Å². The van der Waals surface area contributed by atoms with Gasteiger partial charge in [0.1, 0.15) is 0 Å². The van der Waals surface area contributed by atoms with E-state index in [1.807, 2.05) is 0 Å². The third-order valence-electron chi connectivity index (χ3n) is 2.01. The monoisotopic (exact) mass is 203 g/mol. The number of nitrogens with zero attached hydrogens (tertiary/aromatic N) is 1. The molecule has 1 heterocycles. The molecule has 1 fully saturated rings. The van der Waals surface area contributed by atoms with E-state index in [1.165, 1.54) is 12.0 Å². The largest absolute Gasteiger partial charge is 0.469 e. The van der Waals surface area contributed by atoms with Gasteiger partial charge in [0, 0.05) is 0 Å².